The van der Waals surface area contributed by atoms with E-state index in [1.165, 1.54) is 21.7 Å². The Hall–Kier alpha value is -1.81. The number of fused-ring (bicyclic) bond motifs is 1. The van der Waals surface area contributed by atoms with Crippen molar-refractivity contribution in [3.05, 3.63) is 39.5 Å². The van der Waals surface area contributed by atoms with Gasteiger partial charge in [0.1, 0.15) is 0 Å². The molecule has 1 aromatic carbocycles. The number of rotatable bonds is 5. The maximum Gasteiger partial charge on any atom is 0.243 e. The Bertz CT molecular complexity index is 1020. The molecule has 0 atom stereocenters. The second-order valence-electron chi connectivity index (χ2n) is 7.26. The van der Waals surface area contributed by atoms with Crippen LogP contribution in [0.2, 0.25) is 4.34 Å². The zero-order valence-corrected chi connectivity index (χ0v) is 18.7. The number of amides is 1. The largest absolute Gasteiger partial charge is 0.490 e. The Labute approximate surface area is 185 Å². The molecule has 0 unspecified atom stereocenters. The maximum atomic E-state index is 13.1. The first-order valence-electron chi connectivity index (χ1n) is 9.85. The number of hydrogen-bond acceptors (Lipinski definition) is 6. The molecule has 2 aliphatic rings. The Morgan fingerprint density at radius 3 is 2.57 bits per heavy atom. The van der Waals surface area contributed by atoms with E-state index in [4.69, 9.17) is 21.1 Å². The van der Waals surface area contributed by atoms with Gasteiger partial charge in [-0.15, -0.1) is 11.3 Å². The van der Waals surface area contributed by atoms with Crippen LogP contribution in [0.15, 0.2) is 35.2 Å². The van der Waals surface area contributed by atoms with E-state index in [-0.39, 0.29) is 16.7 Å². The second-order valence-corrected chi connectivity index (χ2v) is 11.0. The van der Waals surface area contributed by atoms with E-state index in [2.05, 4.69) is 5.32 Å². The maximum absolute atomic E-state index is 13.1. The fourth-order valence-electron chi connectivity index (χ4n) is 3.58. The number of sulfonamides is 1. The lowest BCUT2D eigenvalue weighted by Crippen LogP contribution is -2.42. The van der Waals surface area contributed by atoms with Crippen molar-refractivity contribution in [1.82, 2.24) is 9.62 Å². The molecule has 4 rings (SSSR count). The zero-order chi connectivity index (χ0) is 21.1. The zero-order valence-electron chi connectivity index (χ0n) is 16.3. The van der Waals surface area contributed by atoms with Gasteiger partial charge in [-0.2, -0.15) is 4.31 Å². The molecule has 1 N–H and O–H groups in total. The molecule has 0 radical (unpaired) electrons. The summed E-state index contributed by atoms with van der Waals surface area (Å²) >= 11 is 7.34. The van der Waals surface area contributed by atoms with Crippen molar-refractivity contribution < 1.29 is 22.7 Å². The fraction of sp³-hybridized carbons (Fsp3) is 0.450. The molecule has 0 bridgehead atoms. The standard InChI is InChI=1S/C20H23ClN2O5S2/c21-19-5-2-15(29-19)13-22-20(24)14-6-8-23(9-7-14)30(25,26)16-3-4-17-18(12-16)28-11-1-10-27-17/h2-5,12,14H,1,6-11,13H2,(H,22,24). The monoisotopic (exact) mass is 470 g/mol. The lowest BCUT2D eigenvalue weighted by molar-refractivity contribution is -0.126. The molecule has 7 nitrogen and oxygen atoms in total. The van der Waals surface area contributed by atoms with E-state index in [0.717, 1.165) is 11.3 Å². The van der Waals surface area contributed by atoms with Gasteiger partial charge in [-0.25, -0.2) is 8.42 Å². The van der Waals surface area contributed by atoms with Crippen molar-refractivity contribution in [3.8, 4) is 11.5 Å². The van der Waals surface area contributed by atoms with Crippen LogP contribution in [-0.4, -0.2) is 44.9 Å². The Morgan fingerprint density at radius 1 is 1.13 bits per heavy atom. The summed E-state index contributed by atoms with van der Waals surface area (Å²) in [6.07, 6.45) is 1.73. The van der Waals surface area contributed by atoms with E-state index in [9.17, 15) is 13.2 Å². The molecule has 1 amide bonds. The van der Waals surface area contributed by atoms with E-state index in [1.807, 2.05) is 6.07 Å². The number of ether oxygens (including phenoxy) is 2. The van der Waals surface area contributed by atoms with Gasteiger partial charge >= 0.3 is 0 Å². The van der Waals surface area contributed by atoms with Crippen molar-refractivity contribution in [2.45, 2.75) is 30.7 Å². The molecule has 10 heteroatoms. The molecule has 162 valence electrons. The van der Waals surface area contributed by atoms with Crippen molar-refractivity contribution in [2.24, 2.45) is 5.92 Å². The van der Waals surface area contributed by atoms with E-state index < -0.39 is 10.0 Å². The Balaban J connectivity index is 1.36. The third-order valence-corrected chi connectivity index (χ3v) is 8.37. The SMILES string of the molecule is O=C(NCc1ccc(Cl)s1)C1CCN(S(=O)(=O)c2ccc3c(c2)OCCCO3)CC1. The molecular weight excluding hydrogens is 448 g/mol. The lowest BCUT2D eigenvalue weighted by Gasteiger charge is -2.30. The molecule has 1 fully saturated rings. The molecule has 0 spiro atoms. The summed E-state index contributed by atoms with van der Waals surface area (Å²) in [5, 5.41) is 2.92. The topological polar surface area (TPSA) is 84.9 Å². The summed E-state index contributed by atoms with van der Waals surface area (Å²) < 4.78 is 39.5. The van der Waals surface area contributed by atoms with E-state index >= 15 is 0 Å². The molecule has 2 aliphatic heterocycles. The Kier molecular flexibility index (Phi) is 6.52. The number of piperidine rings is 1. The van der Waals surface area contributed by atoms with E-state index in [1.54, 1.807) is 18.2 Å². The molecule has 0 saturated carbocycles. The summed E-state index contributed by atoms with van der Waals surface area (Å²) in [7, 11) is -3.66. The van der Waals surface area contributed by atoms with Gasteiger partial charge in [-0.1, -0.05) is 11.6 Å². The summed E-state index contributed by atoms with van der Waals surface area (Å²) in [5.41, 5.74) is 0. The van der Waals surface area contributed by atoms with Gasteiger partial charge in [0, 0.05) is 36.4 Å². The van der Waals surface area contributed by atoms with Gasteiger partial charge < -0.3 is 14.8 Å². The minimum absolute atomic E-state index is 0.0489. The van der Waals surface area contributed by atoms with Crippen LogP contribution in [-0.2, 0) is 21.4 Å². The highest BCUT2D eigenvalue weighted by atomic mass is 35.5. The molecule has 3 heterocycles. The minimum atomic E-state index is -3.66. The minimum Gasteiger partial charge on any atom is -0.490 e. The van der Waals surface area contributed by atoms with Crippen molar-refractivity contribution in [2.75, 3.05) is 26.3 Å². The van der Waals surface area contributed by atoms with Gasteiger partial charge in [0.2, 0.25) is 15.9 Å². The van der Waals surface area contributed by atoms with Gasteiger partial charge in [0.25, 0.3) is 0 Å². The molecule has 2 aromatic rings. The molecule has 1 saturated heterocycles. The first-order valence-corrected chi connectivity index (χ1v) is 12.5. The molecule has 0 aliphatic carbocycles. The summed E-state index contributed by atoms with van der Waals surface area (Å²) in [6.45, 7) is 2.09. The highest BCUT2D eigenvalue weighted by Gasteiger charge is 2.32. The lowest BCUT2D eigenvalue weighted by atomic mass is 9.97. The van der Waals surface area contributed by atoms with E-state index in [0.29, 0.717) is 61.5 Å². The fourth-order valence-corrected chi connectivity index (χ4v) is 6.09. The first kappa shape index (κ1) is 21.4. The number of halogens is 1. The van der Waals surface area contributed by atoms with Gasteiger partial charge in [0.05, 0.1) is 29.0 Å². The van der Waals surface area contributed by atoms with Crippen LogP contribution in [0.25, 0.3) is 0 Å². The number of benzene rings is 1. The van der Waals surface area contributed by atoms with Crippen LogP contribution >= 0.6 is 22.9 Å². The van der Waals surface area contributed by atoms with Gasteiger partial charge in [0.15, 0.2) is 11.5 Å². The number of carbonyl (C=O) groups excluding carboxylic acids is 1. The summed E-state index contributed by atoms with van der Waals surface area (Å²) in [4.78, 5) is 13.6. The molecule has 1 aromatic heterocycles. The predicted octanol–water partition coefficient (Wildman–Crippen LogP) is 3.28. The van der Waals surface area contributed by atoms with Crippen LogP contribution in [0, 0.1) is 5.92 Å². The third-order valence-electron chi connectivity index (χ3n) is 5.25. The van der Waals surface area contributed by atoms with Crippen LogP contribution in [0.3, 0.4) is 0 Å². The smallest absolute Gasteiger partial charge is 0.243 e. The van der Waals surface area contributed by atoms with Crippen LogP contribution < -0.4 is 14.8 Å². The first-order chi connectivity index (χ1) is 14.4. The molecule has 30 heavy (non-hydrogen) atoms. The quantitative estimate of drug-likeness (QED) is 0.724. The number of hydrogen-bond donors (Lipinski definition) is 1. The summed E-state index contributed by atoms with van der Waals surface area (Å²) in [6, 6.07) is 8.41. The highest BCUT2D eigenvalue weighted by Crippen LogP contribution is 2.33. The number of nitrogens with one attached hydrogen (secondary N) is 1. The average Bonchev–Trinajstić information content (AvgIpc) is 3.03. The Morgan fingerprint density at radius 2 is 1.87 bits per heavy atom. The number of thiophene rings is 1. The average molecular weight is 471 g/mol. The van der Waals surface area contributed by atoms with Crippen molar-refractivity contribution in [3.63, 3.8) is 0 Å². The van der Waals surface area contributed by atoms with Crippen molar-refractivity contribution >= 4 is 38.9 Å². The molecular formula is C20H23ClN2O5S2. The number of carbonyl (C=O) groups is 1. The highest BCUT2D eigenvalue weighted by molar-refractivity contribution is 7.89. The van der Waals surface area contributed by atoms with Gasteiger partial charge in [-0.05, 0) is 37.1 Å². The summed E-state index contributed by atoms with van der Waals surface area (Å²) in [5.74, 6) is 0.771. The van der Waals surface area contributed by atoms with Crippen molar-refractivity contribution in [1.29, 1.82) is 0 Å². The normalized spacial score (nSPS) is 18.0. The van der Waals surface area contributed by atoms with Crippen LogP contribution in [0.4, 0.5) is 0 Å². The van der Waals surface area contributed by atoms with Gasteiger partial charge in [-0.3, -0.25) is 4.79 Å². The van der Waals surface area contributed by atoms with Crippen LogP contribution in [0.5, 0.6) is 11.5 Å². The second kappa shape index (κ2) is 9.13. The third kappa shape index (κ3) is 4.74. The predicted molar refractivity (Wildman–Crippen MR) is 115 cm³/mol. The van der Waals surface area contributed by atoms with Crippen LogP contribution in [0.1, 0.15) is 24.1 Å². The number of nitrogens with zero attached hydrogens (tertiary/aromatic N) is 1.